The van der Waals surface area contributed by atoms with Crippen LogP contribution >= 0.6 is 0 Å². The van der Waals surface area contributed by atoms with Gasteiger partial charge in [0.25, 0.3) is 0 Å². The van der Waals surface area contributed by atoms with Crippen molar-refractivity contribution in [1.82, 2.24) is 4.90 Å². The van der Waals surface area contributed by atoms with Crippen molar-refractivity contribution in [3.05, 3.63) is 0 Å². The van der Waals surface area contributed by atoms with Crippen molar-refractivity contribution in [2.24, 2.45) is 17.6 Å². The fraction of sp³-hybridized carbons (Fsp3) is 0.800. The molecular weight excluding hydrogens is 224 g/mol. The maximum Gasteiger partial charge on any atom is 0.226 e. The summed E-state index contributed by atoms with van der Waals surface area (Å²) in [5.41, 5.74) is 5.71. The summed E-state index contributed by atoms with van der Waals surface area (Å²) in [4.78, 5) is 14.1. The molecule has 1 fully saturated rings. The van der Waals surface area contributed by atoms with E-state index in [9.17, 15) is 4.79 Å². The number of terminal acetylenes is 1. The molecule has 0 radical (unpaired) electrons. The number of nitrogens with zero attached hydrogens (tertiary/aromatic N) is 1. The van der Waals surface area contributed by atoms with Crippen molar-refractivity contribution in [2.75, 3.05) is 13.1 Å². The smallest absolute Gasteiger partial charge is 0.226 e. The SMILES string of the molecule is C#CCN(CC1CC1)C(=O)C(C)CCCC(C)N. The second-order valence-corrected chi connectivity index (χ2v) is 5.68. The summed E-state index contributed by atoms with van der Waals surface area (Å²) in [6, 6.07) is 0.223. The second kappa shape index (κ2) is 7.43. The molecule has 1 aliphatic rings. The van der Waals surface area contributed by atoms with Gasteiger partial charge in [0.05, 0.1) is 6.54 Å². The molecule has 1 aliphatic carbocycles. The highest BCUT2D eigenvalue weighted by Crippen LogP contribution is 2.30. The van der Waals surface area contributed by atoms with Crippen LogP contribution in [-0.2, 0) is 4.79 Å². The van der Waals surface area contributed by atoms with Gasteiger partial charge in [0.15, 0.2) is 0 Å². The van der Waals surface area contributed by atoms with E-state index in [1.165, 1.54) is 12.8 Å². The standard InChI is InChI=1S/C15H26N2O/c1-4-10-17(11-14-8-9-14)15(18)12(2)6-5-7-13(3)16/h1,12-14H,5-11,16H2,2-3H3. The topological polar surface area (TPSA) is 46.3 Å². The minimum atomic E-state index is 0.0656. The Balaban J connectivity index is 2.35. The molecule has 2 atom stereocenters. The van der Waals surface area contributed by atoms with Gasteiger partial charge in [-0.2, -0.15) is 0 Å². The van der Waals surface area contributed by atoms with Gasteiger partial charge in [0, 0.05) is 18.5 Å². The number of carbonyl (C=O) groups is 1. The Bertz CT molecular complexity index is 302. The molecule has 18 heavy (non-hydrogen) atoms. The molecule has 0 spiro atoms. The number of hydrogen-bond acceptors (Lipinski definition) is 2. The molecule has 1 rings (SSSR count). The van der Waals surface area contributed by atoms with Gasteiger partial charge in [-0.1, -0.05) is 19.3 Å². The van der Waals surface area contributed by atoms with Gasteiger partial charge >= 0.3 is 0 Å². The summed E-state index contributed by atoms with van der Waals surface area (Å²) < 4.78 is 0. The first kappa shape index (κ1) is 15.0. The molecule has 0 aromatic heterocycles. The van der Waals surface area contributed by atoms with Crippen molar-refractivity contribution in [1.29, 1.82) is 0 Å². The lowest BCUT2D eigenvalue weighted by atomic mass is 10.0. The van der Waals surface area contributed by atoms with Crippen LogP contribution in [0.1, 0.15) is 46.0 Å². The highest BCUT2D eigenvalue weighted by Gasteiger charge is 2.28. The fourth-order valence-corrected chi connectivity index (χ4v) is 2.14. The maximum absolute atomic E-state index is 12.3. The van der Waals surface area contributed by atoms with Crippen LogP contribution in [0.5, 0.6) is 0 Å². The molecule has 1 amide bonds. The molecular formula is C15H26N2O. The number of rotatable bonds is 8. The summed E-state index contributed by atoms with van der Waals surface area (Å²) in [6.45, 7) is 5.30. The van der Waals surface area contributed by atoms with Crippen LogP contribution in [0.3, 0.4) is 0 Å². The zero-order valence-corrected chi connectivity index (χ0v) is 11.7. The summed E-state index contributed by atoms with van der Waals surface area (Å²) in [7, 11) is 0. The first-order valence-corrected chi connectivity index (χ1v) is 7.02. The van der Waals surface area contributed by atoms with Gasteiger partial charge in [-0.3, -0.25) is 4.79 Å². The summed E-state index contributed by atoms with van der Waals surface area (Å²) in [6.07, 6.45) is 10.7. The number of carbonyl (C=O) groups excluding carboxylic acids is 1. The van der Waals surface area contributed by atoms with E-state index in [0.29, 0.717) is 12.5 Å². The van der Waals surface area contributed by atoms with Crippen molar-refractivity contribution < 1.29 is 4.79 Å². The zero-order valence-electron chi connectivity index (χ0n) is 11.7. The number of hydrogen-bond donors (Lipinski definition) is 1. The van der Waals surface area contributed by atoms with Gasteiger partial charge in [-0.05, 0) is 38.5 Å². The van der Waals surface area contributed by atoms with Crippen LogP contribution in [0, 0.1) is 24.2 Å². The van der Waals surface area contributed by atoms with Crippen LogP contribution in [0.4, 0.5) is 0 Å². The van der Waals surface area contributed by atoms with Gasteiger partial charge in [-0.15, -0.1) is 6.42 Å². The summed E-state index contributed by atoms with van der Waals surface area (Å²) in [5.74, 6) is 3.57. The lowest BCUT2D eigenvalue weighted by Crippen LogP contribution is -2.37. The first-order chi connectivity index (χ1) is 8.54. The van der Waals surface area contributed by atoms with E-state index in [4.69, 9.17) is 12.2 Å². The van der Waals surface area contributed by atoms with Crippen molar-refractivity contribution >= 4 is 5.91 Å². The highest BCUT2D eigenvalue weighted by molar-refractivity contribution is 5.78. The molecule has 0 heterocycles. The van der Waals surface area contributed by atoms with Gasteiger partial charge in [0.1, 0.15) is 0 Å². The Labute approximate surface area is 111 Å². The van der Waals surface area contributed by atoms with Crippen LogP contribution in [0.2, 0.25) is 0 Å². The Morgan fingerprint density at radius 2 is 2.11 bits per heavy atom. The Morgan fingerprint density at radius 3 is 2.61 bits per heavy atom. The third-order valence-electron chi connectivity index (χ3n) is 3.49. The normalized spacial score (nSPS) is 17.9. The minimum absolute atomic E-state index is 0.0656. The molecule has 1 saturated carbocycles. The van der Waals surface area contributed by atoms with Crippen LogP contribution in [0.25, 0.3) is 0 Å². The lowest BCUT2D eigenvalue weighted by Gasteiger charge is -2.24. The van der Waals surface area contributed by atoms with E-state index >= 15 is 0 Å². The van der Waals surface area contributed by atoms with Gasteiger partial charge in [-0.25, -0.2) is 0 Å². The third kappa shape index (κ3) is 5.55. The molecule has 2 N–H and O–H groups in total. The fourth-order valence-electron chi connectivity index (χ4n) is 2.14. The Kier molecular flexibility index (Phi) is 6.21. The molecule has 3 heteroatoms. The van der Waals surface area contributed by atoms with E-state index in [1.807, 2.05) is 18.7 Å². The molecule has 102 valence electrons. The van der Waals surface area contributed by atoms with Crippen LogP contribution in [-0.4, -0.2) is 29.9 Å². The minimum Gasteiger partial charge on any atom is -0.331 e. The predicted molar refractivity (Wildman–Crippen MR) is 74.8 cm³/mol. The molecule has 3 nitrogen and oxygen atoms in total. The second-order valence-electron chi connectivity index (χ2n) is 5.68. The van der Waals surface area contributed by atoms with Crippen molar-refractivity contribution in [2.45, 2.75) is 52.0 Å². The lowest BCUT2D eigenvalue weighted by molar-refractivity contribution is -0.134. The number of nitrogens with two attached hydrogens (primary N) is 1. The van der Waals surface area contributed by atoms with Crippen molar-refractivity contribution in [3.8, 4) is 12.3 Å². The average molecular weight is 250 g/mol. The zero-order chi connectivity index (χ0) is 13.5. The molecule has 0 bridgehead atoms. The van der Waals surface area contributed by atoms with Crippen molar-refractivity contribution in [3.63, 3.8) is 0 Å². The first-order valence-electron chi connectivity index (χ1n) is 7.02. The Hall–Kier alpha value is -1.01. The molecule has 0 aromatic rings. The maximum atomic E-state index is 12.3. The van der Waals surface area contributed by atoms with E-state index < -0.39 is 0 Å². The summed E-state index contributed by atoms with van der Waals surface area (Å²) >= 11 is 0. The van der Waals surface area contributed by atoms with E-state index in [2.05, 4.69) is 5.92 Å². The molecule has 2 unspecified atom stereocenters. The largest absolute Gasteiger partial charge is 0.331 e. The average Bonchev–Trinajstić information content (AvgIpc) is 3.10. The third-order valence-corrected chi connectivity index (χ3v) is 3.49. The summed E-state index contributed by atoms with van der Waals surface area (Å²) in [5, 5.41) is 0. The number of amides is 1. The van der Waals surface area contributed by atoms with Crippen LogP contribution < -0.4 is 5.73 Å². The molecule has 0 saturated heterocycles. The van der Waals surface area contributed by atoms with E-state index in [1.54, 1.807) is 0 Å². The quantitative estimate of drug-likeness (QED) is 0.670. The van der Waals surface area contributed by atoms with Crippen LogP contribution in [0.15, 0.2) is 0 Å². The monoisotopic (exact) mass is 250 g/mol. The van der Waals surface area contributed by atoms with E-state index in [-0.39, 0.29) is 17.9 Å². The van der Waals surface area contributed by atoms with E-state index in [0.717, 1.165) is 25.8 Å². The predicted octanol–water partition coefficient (Wildman–Crippen LogP) is 2.01. The Morgan fingerprint density at radius 1 is 1.44 bits per heavy atom. The van der Waals surface area contributed by atoms with Gasteiger partial charge < -0.3 is 10.6 Å². The molecule has 0 aromatic carbocycles. The molecule has 0 aliphatic heterocycles. The van der Waals surface area contributed by atoms with Gasteiger partial charge in [0.2, 0.25) is 5.91 Å². The highest BCUT2D eigenvalue weighted by atomic mass is 16.2.